The van der Waals surface area contributed by atoms with Crippen LogP contribution in [0.25, 0.3) is 0 Å². The van der Waals surface area contributed by atoms with Crippen LogP contribution < -0.4 is 0 Å². The van der Waals surface area contributed by atoms with E-state index in [0.29, 0.717) is 0 Å². The first kappa shape index (κ1) is 7.16. The van der Waals surface area contributed by atoms with Gasteiger partial charge in [0.05, 0.1) is 0 Å². The fourth-order valence-electron chi connectivity index (χ4n) is 0.480. The SMILES string of the molecule is N#Cc1ccc(F)c(Br)n1. The molecule has 4 heteroatoms. The summed E-state index contributed by atoms with van der Waals surface area (Å²) in [6.45, 7) is 0. The molecule has 10 heavy (non-hydrogen) atoms. The maximum absolute atomic E-state index is 12.4. The molecule has 0 aliphatic carbocycles. The van der Waals surface area contributed by atoms with Gasteiger partial charge in [-0.05, 0) is 28.1 Å². The fourth-order valence-corrected chi connectivity index (χ4v) is 0.803. The number of halogens is 2. The van der Waals surface area contributed by atoms with Crippen molar-refractivity contribution >= 4 is 15.9 Å². The number of nitriles is 1. The molecule has 0 saturated heterocycles. The first-order chi connectivity index (χ1) is 4.74. The van der Waals surface area contributed by atoms with E-state index in [0.717, 1.165) is 0 Å². The van der Waals surface area contributed by atoms with E-state index in [2.05, 4.69) is 20.9 Å². The van der Waals surface area contributed by atoms with E-state index in [1.165, 1.54) is 12.1 Å². The summed E-state index contributed by atoms with van der Waals surface area (Å²) in [6.07, 6.45) is 0. The van der Waals surface area contributed by atoms with Crippen molar-refractivity contribution < 1.29 is 4.39 Å². The molecule has 0 fully saturated rings. The van der Waals surface area contributed by atoms with Gasteiger partial charge in [0.2, 0.25) is 0 Å². The highest BCUT2D eigenvalue weighted by atomic mass is 79.9. The topological polar surface area (TPSA) is 36.7 Å². The normalized spacial score (nSPS) is 8.90. The van der Waals surface area contributed by atoms with Gasteiger partial charge in [0, 0.05) is 0 Å². The van der Waals surface area contributed by atoms with Crippen molar-refractivity contribution in [3.05, 3.63) is 28.2 Å². The Hall–Kier alpha value is -0.950. The highest BCUT2D eigenvalue weighted by Gasteiger charge is 1.99. The minimum Gasteiger partial charge on any atom is -0.227 e. The molecule has 0 bridgehead atoms. The lowest BCUT2D eigenvalue weighted by molar-refractivity contribution is 0.612. The van der Waals surface area contributed by atoms with Crippen molar-refractivity contribution in [2.45, 2.75) is 0 Å². The van der Waals surface area contributed by atoms with Gasteiger partial charge in [-0.15, -0.1) is 0 Å². The third-order valence-electron chi connectivity index (χ3n) is 0.918. The van der Waals surface area contributed by atoms with Gasteiger partial charge in [0.1, 0.15) is 16.4 Å². The molecule has 1 rings (SSSR count). The van der Waals surface area contributed by atoms with Gasteiger partial charge in [0.15, 0.2) is 5.82 Å². The molecule has 1 heterocycles. The second kappa shape index (κ2) is 2.76. The molecule has 0 aliphatic heterocycles. The van der Waals surface area contributed by atoms with E-state index in [-0.39, 0.29) is 10.3 Å². The molecule has 0 unspecified atom stereocenters. The fraction of sp³-hybridized carbons (Fsp3) is 0. The van der Waals surface area contributed by atoms with Crippen LogP contribution in [0.2, 0.25) is 0 Å². The molecule has 1 aromatic heterocycles. The van der Waals surface area contributed by atoms with Crippen LogP contribution in [0.1, 0.15) is 5.69 Å². The lowest BCUT2D eigenvalue weighted by Crippen LogP contribution is -1.85. The average molecular weight is 201 g/mol. The standard InChI is InChI=1S/C6H2BrFN2/c7-6-5(8)2-1-4(3-9)10-6/h1-2H. The second-order valence-electron chi connectivity index (χ2n) is 1.58. The van der Waals surface area contributed by atoms with E-state index >= 15 is 0 Å². The molecule has 0 aliphatic rings. The lowest BCUT2D eigenvalue weighted by atomic mass is 10.4. The Morgan fingerprint density at radius 3 is 2.80 bits per heavy atom. The van der Waals surface area contributed by atoms with Crippen LogP contribution in [-0.4, -0.2) is 4.98 Å². The summed E-state index contributed by atoms with van der Waals surface area (Å²) >= 11 is 2.85. The molecule has 0 spiro atoms. The third kappa shape index (κ3) is 1.31. The summed E-state index contributed by atoms with van der Waals surface area (Å²) < 4.78 is 12.5. The molecule has 0 radical (unpaired) electrons. The van der Waals surface area contributed by atoms with E-state index in [1.807, 2.05) is 0 Å². The summed E-state index contributed by atoms with van der Waals surface area (Å²) in [7, 11) is 0. The maximum atomic E-state index is 12.4. The predicted molar refractivity (Wildman–Crippen MR) is 36.6 cm³/mol. The van der Waals surface area contributed by atoms with Gasteiger partial charge in [-0.2, -0.15) is 5.26 Å². The predicted octanol–water partition coefficient (Wildman–Crippen LogP) is 1.85. The Morgan fingerprint density at radius 2 is 2.30 bits per heavy atom. The third-order valence-corrected chi connectivity index (χ3v) is 1.47. The smallest absolute Gasteiger partial charge is 0.156 e. The van der Waals surface area contributed by atoms with Crippen LogP contribution in [-0.2, 0) is 0 Å². The van der Waals surface area contributed by atoms with E-state index in [9.17, 15) is 4.39 Å². The van der Waals surface area contributed by atoms with Crippen LogP contribution in [0.5, 0.6) is 0 Å². The van der Waals surface area contributed by atoms with Crippen LogP contribution in [0, 0.1) is 17.1 Å². The van der Waals surface area contributed by atoms with Crippen molar-refractivity contribution in [2.24, 2.45) is 0 Å². The summed E-state index contributed by atoms with van der Waals surface area (Å²) in [4.78, 5) is 3.57. The summed E-state index contributed by atoms with van der Waals surface area (Å²) in [6, 6.07) is 4.30. The van der Waals surface area contributed by atoms with Crippen molar-refractivity contribution in [3.8, 4) is 6.07 Å². The molecule has 1 aromatic rings. The molecule has 2 nitrogen and oxygen atoms in total. The number of pyridine rings is 1. The molecule has 0 aromatic carbocycles. The minimum absolute atomic E-state index is 0.0755. The molecule has 0 atom stereocenters. The van der Waals surface area contributed by atoms with E-state index in [4.69, 9.17) is 5.26 Å². The molecule has 0 amide bonds. The van der Waals surface area contributed by atoms with Gasteiger partial charge < -0.3 is 0 Å². The molecule has 50 valence electrons. The van der Waals surface area contributed by atoms with Crippen LogP contribution in [0.3, 0.4) is 0 Å². The van der Waals surface area contributed by atoms with Gasteiger partial charge in [-0.3, -0.25) is 0 Å². The highest BCUT2D eigenvalue weighted by Crippen LogP contribution is 2.11. The quantitative estimate of drug-likeness (QED) is 0.600. The van der Waals surface area contributed by atoms with E-state index in [1.54, 1.807) is 6.07 Å². The number of hydrogen-bond acceptors (Lipinski definition) is 2. The Labute approximate surface area is 65.4 Å². The zero-order valence-corrected chi connectivity index (χ0v) is 6.39. The van der Waals surface area contributed by atoms with Crippen molar-refractivity contribution in [3.63, 3.8) is 0 Å². The summed E-state index contributed by atoms with van der Waals surface area (Å²) in [5, 5.41) is 8.30. The maximum Gasteiger partial charge on any atom is 0.156 e. The highest BCUT2D eigenvalue weighted by molar-refractivity contribution is 9.10. The van der Waals surface area contributed by atoms with Gasteiger partial charge in [-0.25, -0.2) is 9.37 Å². The number of rotatable bonds is 0. The Kier molecular flexibility index (Phi) is 1.97. The zero-order chi connectivity index (χ0) is 7.56. The van der Waals surface area contributed by atoms with Crippen molar-refractivity contribution in [2.75, 3.05) is 0 Å². The monoisotopic (exact) mass is 200 g/mol. The minimum atomic E-state index is -0.459. The first-order valence-corrected chi connectivity index (χ1v) is 3.25. The van der Waals surface area contributed by atoms with Gasteiger partial charge in [0.25, 0.3) is 0 Å². The lowest BCUT2D eigenvalue weighted by Gasteiger charge is -1.90. The van der Waals surface area contributed by atoms with Crippen molar-refractivity contribution in [1.29, 1.82) is 5.26 Å². The van der Waals surface area contributed by atoms with Crippen LogP contribution in [0.4, 0.5) is 4.39 Å². The number of hydrogen-bond donors (Lipinski definition) is 0. The summed E-state index contributed by atoms with van der Waals surface area (Å²) in [5.74, 6) is -0.459. The second-order valence-corrected chi connectivity index (χ2v) is 2.33. The largest absolute Gasteiger partial charge is 0.227 e. The first-order valence-electron chi connectivity index (χ1n) is 2.46. The number of nitrogens with zero attached hydrogens (tertiary/aromatic N) is 2. The van der Waals surface area contributed by atoms with Crippen LogP contribution >= 0.6 is 15.9 Å². The Balaban J connectivity index is 3.20. The molecular formula is C6H2BrFN2. The molecular weight excluding hydrogens is 199 g/mol. The Morgan fingerprint density at radius 1 is 1.60 bits per heavy atom. The molecule has 0 saturated carbocycles. The average Bonchev–Trinajstić information content (AvgIpc) is 1.95. The zero-order valence-electron chi connectivity index (χ0n) is 4.81. The Bertz CT molecular complexity index is 292. The van der Waals surface area contributed by atoms with Gasteiger partial charge in [-0.1, -0.05) is 0 Å². The number of aromatic nitrogens is 1. The molecule has 0 N–H and O–H groups in total. The van der Waals surface area contributed by atoms with Crippen molar-refractivity contribution in [1.82, 2.24) is 4.98 Å². The van der Waals surface area contributed by atoms with E-state index < -0.39 is 5.82 Å². The van der Waals surface area contributed by atoms with Crippen LogP contribution in [0.15, 0.2) is 16.7 Å². The van der Waals surface area contributed by atoms with Gasteiger partial charge >= 0.3 is 0 Å². The summed E-state index contributed by atoms with van der Waals surface area (Å²) in [5.41, 5.74) is 0.202.